The van der Waals surface area contributed by atoms with Gasteiger partial charge in [0.2, 0.25) is 0 Å². The Balaban J connectivity index is 2.11. The first-order valence-electron chi connectivity index (χ1n) is 5.93. The number of nitrogens with two attached hydrogens (primary N) is 1. The van der Waals surface area contributed by atoms with Gasteiger partial charge in [-0.25, -0.2) is 4.39 Å². The number of nitrogen functional groups attached to an aromatic ring is 1. The van der Waals surface area contributed by atoms with Crippen molar-refractivity contribution in [3.63, 3.8) is 0 Å². The van der Waals surface area contributed by atoms with Gasteiger partial charge in [0.05, 0.1) is 6.61 Å². The molecule has 0 aliphatic heterocycles. The minimum Gasteiger partial charge on any atom is -0.491 e. The first-order chi connectivity index (χ1) is 9.60. The summed E-state index contributed by atoms with van der Waals surface area (Å²) in [5.41, 5.74) is 5.77. The maximum atomic E-state index is 13.6. The third kappa shape index (κ3) is 3.19. The van der Waals surface area contributed by atoms with Gasteiger partial charge in [0, 0.05) is 11.8 Å². The molecule has 1 aromatic carbocycles. The molecule has 104 valence electrons. The lowest BCUT2D eigenvalue weighted by Crippen LogP contribution is -2.14. The largest absolute Gasteiger partial charge is 0.491 e. The Morgan fingerprint density at radius 3 is 2.75 bits per heavy atom. The molecule has 0 bridgehead atoms. The molecule has 0 fully saturated rings. The predicted molar refractivity (Wildman–Crippen MR) is 72.0 cm³/mol. The van der Waals surface area contributed by atoms with Crippen molar-refractivity contribution in [3.8, 4) is 5.75 Å². The second-order valence-corrected chi connectivity index (χ2v) is 3.88. The standard InChI is InChI=1S/C13H13FN4O2/c1-2-20-11-5-3-8(7-9(11)14)16-13(19)10-4-6-12(15)18-17-10/h3-7H,2H2,1H3,(H2,15,18)(H,16,19). The van der Waals surface area contributed by atoms with Gasteiger partial charge in [-0.15, -0.1) is 10.2 Å². The molecule has 2 rings (SSSR count). The van der Waals surface area contributed by atoms with E-state index in [1.807, 2.05) is 0 Å². The van der Waals surface area contributed by atoms with Crippen molar-refractivity contribution in [1.82, 2.24) is 10.2 Å². The quantitative estimate of drug-likeness (QED) is 0.889. The molecule has 3 N–H and O–H groups in total. The summed E-state index contributed by atoms with van der Waals surface area (Å²) in [4.78, 5) is 11.8. The van der Waals surface area contributed by atoms with Crippen LogP contribution in [0.2, 0.25) is 0 Å². The van der Waals surface area contributed by atoms with Crippen LogP contribution in [0.1, 0.15) is 17.4 Å². The van der Waals surface area contributed by atoms with Crippen molar-refractivity contribution in [2.75, 3.05) is 17.7 Å². The molecule has 20 heavy (non-hydrogen) atoms. The molecule has 1 aromatic heterocycles. The zero-order valence-corrected chi connectivity index (χ0v) is 10.8. The number of carbonyl (C=O) groups is 1. The molecule has 0 spiro atoms. The van der Waals surface area contributed by atoms with E-state index in [0.717, 1.165) is 0 Å². The number of anilines is 2. The molecular formula is C13H13FN4O2. The number of rotatable bonds is 4. The number of carbonyl (C=O) groups excluding carboxylic acids is 1. The highest BCUT2D eigenvalue weighted by Crippen LogP contribution is 2.21. The lowest BCUT2D eigenvalue weighted by molar-refractivity contribution is 0.102. The van der Waals surface area contributed by atoms with Crippen LogP contribution in [-0.4, -0.2) is 22.7 Å². The number of nitrogens with one attached hydrogen (secondary N) is 1. The Morgan fingerprint density at radius 2 is 2.15 bits per heavy atom. The van der Waals surface area contributed by atoms with Gasteiger partial charge in [-0.2, -0.15) is 0 Å². The van der Waals surface area contributed by atoms with Crippen LogP contribution in [0.3, 0.4) is 0 Å². The van der Waals surface area contributed by atoms with Crippen molar-refractivity contribution in [3.05, 3.63) is 41.8 Å². The topological polar surface area (TPSA) is 90.1 Å². The van der Waals surface area contributed by atoms with Crippen molar-refractivity contribution in [2.45, 2.75) is 6.92 Å². The summed E-state index contributed by atoms with van der Waals surface area (Å²) in [7, 11) is 0. The van der Waals surface area contributed by atoms with Crippen molar-refractivity contribution in [1.29, 1.82) is 0 Å². The van der Waals surface area contributed by atoms with Crippen LogP contribution in [0.25, 0.3) is 0 Å². The summed E-state index contributed by atoms with van der Waals surface area (Å²) < 4.78 is 18.7. The summed E-state index contributed by atoms with van der Waals surface area (Å²) in [6.07, 6.45) is 0. The van der Waals surface area contributed by atoms with E-state index in [2.05, 4.69) is 15.5 Å². The minimum atomic E-state index is -0.548. The summed E-state index contributed by atoms with van der Waals surface area (Å²) in [5.74, 6) is -0.694. The normalized spacial score (nSPS) is 10.1. The molecule has 6 nitrogen and oxygen atoms in total. The third-order valence-electron chi connectivity index (χ3n) is 2.41. The van der Waals surface area contributed by atoms with E-state index in [0.29, 0.717) is 12.3 Å². The van der Waals surface area contributed by atoms with E-state index < -0.39 is 11.7 Å². The Kier molecular flexibility index (Phi) is 4.09. The van der Waals surface area contributed by atoms with E-state index in [1.165, 1.54) is 30.3 Å². The number of hydrogen-bond acceptors (Lipinski definition) is 5. The Morgan fingerprint density at radius 1 is 1.35 bits per heavy atom. The minimum absolute atomic E-state index is 0.0912. The molecule has 0 radical (unpaired) electrons. The van der Waals surface area contributed by atoms with Crippen LogP contribution < -0.4 is 15.8 Å². The SMILES string of the molecule is CCOc1ccc(NC(=O)c2ccc(N)nn2)cc1F. The predicted octanol–water partition coefficient (Wildman–Crippen LogP) is 1.85. The molecule has 0 unspecified atom stereocenters. The van der Waals surface area contributed by atoms with E-state index >= 15 is 0 Å². The molecule has 0 aliphatic rings. The van der Waals surface area contributed by atoms with Gasteiger partial charge in [-0.1, -0.05) is 0 Å². The summed E-state index contributed by atoms with van der Waals surface area (Å²) >= 11 is 0. The first-order valence-corrected chi connectivity index (χ1v) is 5.93. The highest BCUT2D eigenvalue weighted by molar-refractivity contribution is 6.02. The van der Waals surface area contributed by atoms with Gasteiger partial charge in [0.25, 0.3) is 5.91 Å². The third-order valence-corrected chi connectivity index (χ3v) is 2.41. The van der Waals surface area contributed by atoms with E-state index in [4.69, 9.17) is 10.5 Å². The van der Waals surface area contributed by atoms with Gasteiger partial charge in [0.1, 0.15) is 5.82 Å². The number of halogens is 1. The van der Waals surface area contributed by atoms with Crippen LogP contribution in [0.5, 0.6) is 5.75 Å². The van der Waals surface area contributed by atoms with Gasteiger partial charge in [0.15, 0.2) is 17.3 Å². The fourth-order valence-electron chi connectivity index (χ4n) is 1.51. The van der Waals surface area contributed by atoms with Crippen LogP contribution in [0.15, 0.2) is 30.3 Å². The molecule has 0 saturated carbocycles. The molecule has 1 heterocycles. The Bertz CT molecular complexity index is 616. The van der Waals surface area contributed by atoms with Crippen LogP contribution in [0, 0.1) is 5.82 Å². The molecule has 0 saturated heterocycles. The van der Waals surface area contributed by atoms with Crippen molar-refractivity contribution in [2.24, 2.45) is 0 Å². The maximum Gasteiger partial charge on any atom is 0.276 e. The summed E-state index contributed by atoms with van der Waals surface area (Å²) in [6.45, 7) is 2.12. The molecule has 0 aliphatic carbocycles. The molecule has 2 aromatic rings. The van der Waals surface area contributed by atoms with Gasteiger partial charge < -0.3 is 15.8 Å². The van der Waals surface area contributed by atoms with Crippen LogP contribution in [0.4, 0.5) is 15.9 Å². The Hall–Kier alpha value is -2.70. The Labute approximate surface area is 114 Å². The average Bonchev–Trinajstić information content (AvgIpc) is 2.42. The zero-order valence-electron chi connectivity index (χ0n) is 10.8. The van der Waals surface area contributed by atoms with E-state index in [-0.39, 0.29) is 17.3 Å². The van der Waals surface area contributed by atoms with Crippen LogP contribution >= 0.6 is 0 Å². The van der Waals surface area contributed by atoms with Crippen molar-refractivity contribution < 1.29 is 13.9 Å². The van der Waals surface area contributed by atoms with E-state index in [9.17, 15) is 9.18 Å². The van der Waals surface area contributed by atoms with Crippen LogP contribution in [-0.2, 0) is 0 Å². The summed E-state index contributed by atoms with van der Waals surface area (Å²) in [5, 5.41) is 9.72. The zero-order chi connectivity index (χ0) is 14.5. The average molecular weight is 276 g/mol. The fraction of sp³-hybridized carbons (Fsp3) is 0.154. The highest BCUT2D eigenvalue weighted by Gasteiger charge is 2.10. The number of nitrogens with zero attached hydrogens (tertiary/aromatic N) is 2. The number of amides is 1. The molecule has 0 atom stereocenters. The van der Waals surface area contributed by atoms with Gasteiger partial charge in [-0.05, 0) is 31.2 Å². The smallest absolute Gasteiger partial charge is 0.276 e. The molecule has 7 heteroatoms. The maximum absolute atomic E-state index is 13.6. The fourth-order valence-corrected chi connectivity index (χ4v) is 1.51. The monoisotopic (exact) mass is 276 g/mol. The summed E-state index contributed by atoms with van der Waals surface area (Å²) in [6, 6.07) is 7.05. The number of ether oxygens (including phenoxy) is 1. The van der Waals surface area contributed by atoms with Gasteiger partial charge in [-0.3, -0.25) is 4.79 Å². The van der Waals surface area contributed by atoms with Gasteiger partial charge >= 0.3 is 0 Å². The lowest BCUT2D eigenvalue weighted by Gasteiger charge is -2.08. The lowest BCUT2D eigenvalue weighted by atomic mass is 10.2. The second kappa shape index (κ2) is 5.96. The molecular weight excluding hydrogens is 263 g/mol. The number of benzene rings is 1. The number of aromatic nitrogens is 2. The highest BCUT2D eigenvalue weighted by atomic mass is 19.1. The molecule has 1 amide bonds. The first kappa shape index (κ1) is 13.7. The second-order valence-electron chi connectivity index (χ2n) is 3.88. The number of hydrogen-bond donors (Lipinski definition) is 2. The van der Waals surface area contributed by atoms with Crippen molar-refractivity contribution >= 4 is 17.4 Å². The van der Waals surface area contributed by atoms with E-state index in [1.54, 1.807) is 6.92 Å².